The first-order valence-corrected chi connectivity index (χ1v) is 12.0. The quantitative estimate of drug-likeness (QED) is 0.562. The maximum Gasteiger partial charge on any atom is 0.232 e. The molecule has 0 spiro atoms. The van der Waals surface area contributed by atoms with Crippen LogP contribution in [0, 0.1) is 5.82 Å². The Hall–Kier alpha value is -2.06. The van der Waals surface area contributed by atoms with E-state index in [-0.39, 0.29) is 18.9 Å². The predicted molar refractivity (Wildman–Crippen MR) is 113 cm³/mol. The van der Waals surface area contributed by atoms with Crippen LogP contribution in [0.1, 0.15) is 18.4 Å². The fourth-order valence-corrected chi connectivity index (χ4v) is 4.38. The van der Waals surface area contributed by atoms with Gasteiger partial charge in [0.25, 0.3) is 0 Å². The fraction of sp³-hybridized carbons (Fsp3) is 0.350. The third kappa shape index (κ3) is 7.90. The van der Waals surface area contributed by atoms with Crippen molar-refractivity contribution in [1.29, 1.82) is 0 Å². The molecule has 1 amide bonds. The Kier molecular flexibility index (Phi) is 8.79. The molecule has 0 saturated carbocycles. The average molecular weight is 425 g/mol. The Morgan fingerprint density at radius 3 is 2.43 bits per heavy atom. The number of nitrogens with zero attached hydrogens (tertiary/aromatic N) is 1. The molecule has 8 heteroatoms. The highest BCUT2D eigenvalue weighted by atomic mass is 32.2. The Morgan fingerprint density at radius 1 is 1.11 bits per heavy atom. The zero-order chi connectivity index (χ0) is 20.4. The van der Waals surface area contributed by atoms with E-state index >= 15 is 0 Å². The number of nitrogens with one attached hydrogen (secondary N) is 1. The van der Waals surface area contributed by atoms with Gasteiger partial charge >= 0.3 is 0 Å². The molecule has 2 rings (SSSR count). The highest BCUT2D eigenvalue weighted by molar-refractivity contribution is 7.98. The van der Waals surface area contributed by atoms with Crippen LogP contribution in [0.3, 0.4) is 0 Å². The van der Waals surface area contributed by atoms with E-state index in [9.17, 15) is 17.6 Å². The van der Waals surface area contributed by atoms with E-state index in [1.165, 1.54) is 34.1 Å². The summed E-state index contributed by atoms with van der Waals surface area (Å²) in [5.74, 6) is 1.18. The molecule has 0 aromatic heterocycles. The molecule has 0 fully saturated rings. The third-order valence-electron chi connectivity index (χ3n) is 3.96. The summed E-state index contributed by atoms with van der Waals surface area (Å²) in [4.78, 5) is 12.0. The van der Waals surface area contributed by atoms with Gasteiger partial charge in [-0.1, -0.05) is 30.3 Å². The smallest absolute Gasteiger partial charge is 0.232 e. The van der Waals surface area contributed by atoms with Crippen molar-refractivity contribution in [2.75, 3.05) is 29.4 Å². The molecule has 1 N–H and O–H groups in total. The Balaban J connectivity index is 1.68. The number of hydrogen-bond acceptors (Lipinski definition) is 4. The number of sulfonamides is 1. The molecule has 0 saturated heterocycles. The van der Waals surface area contributed by atoms with Gasteiger partial charge in [-0.15, -0.1) is 0 Å². The monoisotopic (exact) mass is 424 g/mol. The minimum atomic E-state index is -3.50. The fourth-order valence-electron chi connectivity index (χ4n) is 2.59. The maximum absolute atomic E-state index is 13.1. The molecule has 28 heavy (non-hydrogen) atoms. The van der Waals surface area contributed by atoms with E-state index in [2.05, 4.69) is 17.4 Å². The molecule has 0 radical (unpaired) electrons. The summed E-state index contributed by atoms with van der Waals surface area (Å²) in [6, 6.07) is 15.4. The highest BCUT2D eigenvalue weighted by Gasteiger charge is 2.17. The van der Waals surface area contributed by atoms with Crippen molar-refractivity contribution in [3.8, 4) is 0 Å². The minimum absolute atomic E-state index is 0.104. The van der Waals surface area contributed by atoms with E-state index < -0.39 is 15.8 Å². The number of carbonyl (C=O) groups is 1. The normalized spacial score (nSPS) is 11.2. The lowest BCUT2D eigenvalue weighted by atomic mass is 10.2. The Labute approximate surface area is 170 Å². The van der Waals surface area contributed by atoms with Crippen molar-refractivity contribution in [3.05, 3.63) is 66.0 Å². The van der Waals surface area contributed by atoms with Crippen molar-refractivity contribution in [2.45, 2.75) is 18.6 Å². The molecule has 0 aliphatic heterocycles. The van der Waals surface area contributed by atoms with Crippen LogP contribution in [0.5, 0.6) is 0 Å². The number of benzene rings is 2. The number of anilines is 1. The molecule has 2 aromatic carbocycles. The number of carbonyl (C=O) groups excluding carboxylic acids is 1. The van der Waals surface area contributed by atoms with Gasteiger partial charge in [-0.2, -0.15) is 11.8 Å². The Bertz CT molecular complexity index is 844. The number of halogens is 1. The third-order valence-corrected chi connectivity index (χ3v) is 6.18. The molecule has 0 aliphatic rings. The average Bonchev–Trinajstić information content (AvgIpc) is 2.66. The zero-order valence-corrected chi connectivity index (χ0v) is 17.4. The van der Waals surface area contributed by atoms with E-state index in [0.717, 1.165) is 17.8 Å². The zero-order valence-electron chi connectivity index (χ0n) is 15.8. The molecule has 5 nitrogen and oxygen atoms in total. The van der Waals surface area contributed by atoms with Gasteiger partial charge in [0.15, 0.2) is 0 Å². The summed E-state index contributed by atoms with van der Waals surface area (Å²) >= 11 is 1.75. The SMILES string of the molecule is CS(=O)(=O)N(CCCC(=O)NCCSCc1ccccc1)c1ccc(F)cc1. The summed E-state index contributed by atoms with van der Waals surface area (Å²) in [7, 11) is -3.50. The van der Waals surface area contributed by atoms with Crippen LogP contribution in [0.25, 0.3) is 0 Å². The number of amides is 1. The standard InChI is InChI=1S/C20H25FN2O3S2/c1-28(25,26)23(19-11-9-18(21)10-12-19)14-5-8-20(24)22-13-15-27-16-17-6-3-2-4-7-17/h2-4,6-7,9-12H,5,8,13-16H2,1H3,(H,22,24). The van der Waals surface area contributed by atoms with E-state index in [0.29, 0.717) is 18.7 Å². The minimum Gasteiger partial charge on any atom is -0.355 e. The van der Waals surface area contributed by atoms with Crippen LogP contribution in [0.15, 0.2) is 54.6 Å². The summed E-state index contributed by atoms with van der Waals surface area (Å²) in [6.45, 7) is 0.741. The van der Waals surface area contributed by atoms with Gasteiger partial charge in [-0.05, 0) is 36.2 Å². The first-order chi connectivity index (χ1) is 13.4. The maximum atomic E-state index is 13.1. The molecule has 0 bridgehead atoms. The second kappa shape index (κ2) is 11.1. The predicted octanol–water partition coefficient (Wildman–Crippen LogP) is 3.42. The molecule has 0 atom stereocenters. The number of thioether (sulfide) groups is 1. The van der Waals surface area contributed by atoms with Gasteiger partial charge in [-0.25, -0.2) is 12.8 Å². The summed E-state index contributed by atoms with van der Waals surface area (Å²) in [5.41, 5.74) is 1.64. The van der Waals surface area contributed by atoms with E-state index in [1.54, 1.807) is 11.8 Å². The highest BCUT2D eigenvalue weighted by Crippen LogP contribution is 2.18. The molecule has 152 valence electrons. The number of rotatable bonds is 11. The summed E-state index contributed by atoms with van der Waals surface area (Å²) in [6.07, 6.45) is 1.71. The van der Waals surface area contributed by atoms with Gasteiger partial charge in [0.1, 0.15) is 5.82 Å². The second-order valence-electron chi connectivity index (χ2n) is 6.30. The first-order valence-electron chi connectivity index (χ1n) is 8.98. The number of hydrogen-bond donors (Lipinski definition) is 1. The topological polar surface area (TPSA) is 66.5 Å². The van der Waals surface area contributed by atoms with E-state index in [1.807, 2.05) is 18.2 Å². The molecular formula is C20H25FN2O3S2. The van der Waals surface area contributed by atoms with Crippen LogP contribution in [0.4, 0.5) is 10.1 Å². The van der Waals surface area contributed by atoms with Gasteiger partial charge in [0.05, 0.1) is 11.9 Å². The van der Waals surface area contributed by atoms with Crippen LogP contribution < -0.4 is 9.62 Å². The molecule has 0 unspecified atom stereocenters. The van der Waals surface area contributed by atoms with Crippen molar-refractivity contribution >= 4 is 33.4 Å². The van der Waals surface area contributed by atoms with Crippen LogP contribution in [-0.4, -0.2) is 39.4 Å². The lowest BCUT2D eigenvalue weighted by molar-refractivity contribution is -0.121. The lowest BCUT2D eigenvalue weighted by Crippen LogP contribution is -2.32. The molecule has 0 heterocycles. The van der Waals surface area contributed by atoms with Crippen molar-refractivity contribution in [2.24, 2.45) is 0 Å². The molecular weight excluding hydrogens is 399 g/mol. The largest absolute Gasteiger partial charge is 0.355 e. The van der Waals surface area contributed by atoms with Gasteiger partial charge in [-0.3, -0.25) is 9.10 Å². The lowest BCUT2D eigenvalue weighted by Gasteiger charge is -2.22. The van der Waals surface area contributed by atoms with Gasteiger partial charge in [0, 0.05) is 31.0 Å². The van der Waals surface area contributed by atoms with Crippen molar-refractivity contribution in [3.63, 3.8) is 0 Å². The Morgan fingerprint density at radius 2 is 1.79 bits per heavy atom. The first kappa shape index (κ1) is 22.2. The van der Waals surface area contributed by atoms with Crippen molar-refractivity contribution < 1.29 is 17.6 Å². The molecule has 2 aromatic rings. The van der Waals surface area contributed by atoms with Crippen LogP contribution in [-0.2, 0) is 20.6 Å². The van der Waals surface area contributed by atoms with E-state index in [4.69, 9.17) is 0 Å². The van der Waals surface area contributed by atoms with Gasteiger partial charge in [0.2, 0.25) is 15.9 Å². The summed E-state index contributed by atoms with van der Waals surface area (Å²) in [5, 5.41) is 2.85. The summed E-state index contributed by atoms with van der Waals surface area (Å²) < 4.78 is 38.2. The van der Waals surface area contributed by atoms with Crippen LogP contribution in [0.2, 0.25) is 0 Å². The molecule has 0 aliphatic carbocycles. The van der Waals surface area contributed by atoms with Gasteiger partial charge < -0.3 is 5.32 Å². The second-order valence-corrected chi connectivity index (χ2v) is 9.32. The van der Waals surface area contributed by atoms with Crippen molar-refractivity contribution in [1.82, 2.24) is 5.32 Å². The van der Waals surface area contributed by atoms with Crippen LogP contribution >= 0.6 is 11.8 Å².